The molecule has 6 nitrogen and oxygen atoms in total. The summed E-state index contributed by atoms with van der Waals surface area (Å²) in [4.78, 5) is 12.1. The molecule has 0 bridgehead atoms. The van der Waals surface area contributed by atoms with Gasteiger partial charge in [-0.25, -0.2) is 0 Å². The van der Waals surface area contributed by atoms with E-state index in [9.17, 15) is 15.0 Å². The number of para-hydroxylation sites is 1. The summed E-state index contributed by atoms with van der Waals surface area (Å²) >= 11 is 0. The van der Waals surface area contributed by atoms with Crippen molar-refractivity contribution in [3.63, 3.8) is 0 Å². The van der Waals surface area contributed by atoms with Gasteiger partial charge in [0.25, 0.3) is 5.91 Å². The van der Waals surface area contributed by atoms with Crippen molar-refractivity contribution in [1.29, 1.82) is 0 Å². The summed E-state index contributed by atoms with van der Waals surface area (Å²) in [5.41, 5.74) is 0.388. The molecule has 0 saturated carbocycles. The number of rotatable bonds is 4. The molecule has 2 rings (SSSR count). The van der Waals surface area contributed by atoms with E-state index in [0.717, 1.165) is 0 Å². The van der Waals surface area contributed by atoms with Crippen LogP contribution in [-0.2, 0) is 0 Å². The molecule has 0 aliphatic rings. The quantitative estimate of drug-likeness (QED) is 0.752. The molecule has 0 atom stereocenters. The molecule has 3 N–H and O–H groups in total. The van der Waals surface area contributed by atoms with Crippen molar-refractivity contribution in [2.75, 3.05) is 19.5 Å². The van der Waals surface area contributed by atoms with Gasteiger partial charge in [-0.15, -0.1) is 0 Å². The van der Waals surface area contributed by atoms with Crippen molar-refractivity contribution in [3.05, 3.63) is 42.0 Å². The highest BCUT2D eigenvalue weighted by atomic mass is 16.5. The van der Waals surface area contributed by atoms with Crippen LogP contribution >= 0.6 is 0 Å². The summed E-state index contributed by atoms with van der Waals surface area (Å²) in [6.45, 7) is 0. The second-order valence-electron chi connectivity index (χ2n) is 4.19. The third-order valence-corrected chi connectivity index (χ3v) is 2.92. The Hall–Kier alpha value is -2.89. The number of aromatic hydroxyl groups is 2. The molecular formula is C15H15NO5. The van der Waals surface area contributed by atoms with Crippen LogP contribution in [0.15, 0.2) is 36.4 Å². The van der Waals surface area contributed by atoms with Gasteiger partial charge in [0.15, 0.2) is 11.5 Å². The Bertz CT molecular complexity index is 669. The van der Waals surface area contributed by atoms with Crippen LogP contribution in [0.1, 0.15) is 10.4 Å². The Morgan fingerprint density at radius 1 is 1.10 bits per heavy atom. The van der Waals surface area contributed by atoms with Crippen LogP contribution in [0.2, 0.25) is 0 Å². The number of hydrogen-bond acceptors (Lipinski definition) is 5. The maximum atomic E-state index is 12.1. The minimum atomic E-state index is -0.563. The van der Waals surface area contributed by atoms with Gasteiger partial charge in [-0.2, -0.15) is 0 Å². The number of phenolic OH excluding ortho intramolecular Hbond substituents is 2. The van der Waals surface area contributed by atoms with Crippen molar-refractivity contribution in [2.45, 2.75) is 0 Å². The molecule has 2 aromatic carbocycles. The summed E-state index contributed by atoms with van der Waals surface area (Å²) in [6, 6.07) is 9.07. The Kier molecular flexibility index (Phi) is 4.18. The normalized spacial score (nSPS) is 10.0. The maximum absolute atomic E-state index is 12.1. The van der Waals surface area contributed by atoms with Gasteiger partial charge < -0.3 is 25.0 Å². The minimum absolute atomic E-state index is 0.0344. The van der Waals surface area contributed by atoms with E-state index in [4.69, 9.17) is 9.47 Å². The predicted octanol–water partition coefficient (Wildman–Crippen LogP) is 2.37. The first-order chi connectivity index (χ1) is 10.1. The number of methoxy groups -OCH3 is 2. The lowest BCUT2D eigenvalue weighted by molar-refractivity contribution is 0.102. The molecule has 0 aliphatic carbocycles. The van der Waals surface area contributed by atoms with Crippen LogP contribution in [-0.4, -0.2) is 30.3 Å². The Balaban J connectivity index is 2.29. The zero-order valence-corrected chi connectivity index (χ0v) is 11.6. The van der Waals surface area contributed by atoms with Crippen LogP contribution in [0, 0.1) is 0 Å². The highest BCUT2D eigenvalue weighted by Gasteiger charge is 2.16. The van der Waals surface area contributed by atoms with E-state index in [-0.39, 0.29) is 11.3 Å². The zero-order chi connectivity index (χ0) is 15.4. The lowest BCUT2D eigenvalue weighted by Gasteiger charge is -2.12. The highest BCUT2D eigenvalue weighted by Crippen LogP contribution is 2.32. The molecule has 0 saturated heterocycles. The maximum Gasteiger partial charge on any atom is 0.259 e. The van der Waals surface area contributed by atoms with Gasteiger partial charge >= 0.3 is 0 Å². The second kappa shape index (κ2) is 6.04. The molecule has 0 heterocycles. The van der Waals surface area contributed by atoms with Crippen LogP contribution in [0.25, 0.3) is 0 Å². The van der Waals surface area contributed by atoms with E-state index in [1.165, 1.54) is 32.4 Å². The van der Waals surface area contributed by atoms with Crippen molar-refractivity contribution >= 4 is 11.6 Å². The average molecular weight is 289 g/mol. The fourth-order valence-electron chi connectivity index (χ4n) is 1.81. The molecule has 0 radical (unpaired) electrons. The number of carbonyl (C=O) groups excluding carboxylic acids is 1. The Labute approximate surface area is 121 Å². The summed E-state index contributed by atoms with van der Waals surface area (Å²) < 4.78 is 10.2. The van der Waals surface area contributed by atoms with Crippen LogP contribution in [0.5, 0.6) is 23.0 Å². The van der Waals surface area contributed by atoms with Gasteiger partial charge in [-0.1, -0.05) is 6.07 Å². The van der Waals surface area contributed by atoms with Crippen LogP contribution < -0.4 is 14.8 Å². The first-order valence-corrected chi connectivity index (χ1v) is 6.11. The van der Waals surface area contributed by atoms with E-state index >= 15 is 0 Å². The number of carbonyl (C=O) groups is 1. The minimum Gasteiger partial charge on any atom is -0.504 e. The monoisotopic (exact) mass is 289 g/mol. The summed E-state index contributed by atoms with van der Waals surface area (Å²) in [6.07, 6.45) is 0. The first kappa shape index (κ1) is 14.5. The first-order valence-electron chi connectivity index (χ1n) is 6.11. The lowest BCUT2D eigenvalue weighted by atomic mass is 10.1. The van der Waals surface area contributed by atoms with E-state index in [0.29, 0.717) is 17.2 Å². The Morgan fingerprint density at radius 2 is 1.86 bits per heavy atom. The van der Waals surface area contributed by atoms with Gasteiger partial charge in [0.1, 0.15) is 11.5 Å². The largest absolute Gasteiger partial charge is 0.504 e. The molecule has 1 amide bonds. The molecule has 21 heavy (non-hydrogen) atoms. The summed E-state index contributed by atoms with van der Waals surface area (Å²) in [5, 5.41) is 21.7. The fourth-order valence-corrected chi connectivity index (χ4v) is 1.81. The number of anilines is 1. The van der Waals surface area contributed by atoms with Crippen molar-refractivity contribution in [1.82, 2.24) is 0 Å². The number of amides is 1. The van der Waals surface area contributed by atoms with Gasteiger partial charge in [-0.3, -0.25) is 4.79 Å². The number of phenols is 2. The molecule has 0 aliphatic heterocycles. The third-order valence-electron chi connectivity index (χ3n) is 2.92. The number of ether oxygens (including phenoxy) is 2. The number of hydrogen-bond donors (Lipinski definition) is 3. The smallest absolute Gasteiger partial charge is 0.259 e. The highest BCUT2D eigenvalue weighted by molar-refractivity contribution is 6.07. The Morgan fingerprint density at radius 3 is 2.52 bits per heavy atom. The molecule has 0 aromatic heterocycles. The fraction of sp³-hybridized carbons (Fsp3) is 0.133. The standard InChI is InChI=1S/C15H15NO5/c1-20-9-6-7-11(13(8-9)21-2)16-15(19)10-4-3-5-12(17)14(10)18/h3-8,17-18H,1-2H3,(H,16,19). The molecule has 6 heteroatoms. The zero-order valence-electron chi connectivity index (χ0n) is 11.6. The van der Waals surface area contributed by atoms with Gasteiger partial charge in [0.2, 0.25) is 0 Å². The van der Waals surface area contributed by atoms with E-state index in [1.807, 2.05) is 0 Å². The van der Waals surface area contributed by atoms with Gasteiger partial charge in [0, 0.05) is 6.07 Å². The summed E-state index contributed by atoms with van der Waals surface area (Å²) in [5.74, 6) is -0.383. The molecule has 0 fully saturated rings. The number of benzene rings is 2. The molecular weight excluding hydrogens is 274 g/mol. The van der Waals surface area contributed by atoms with Crippen molar-refractivity contribution in [2.24, 2.45) is 0 Å². The average Bonchev–Trinajstić information content (AvgIpc) is 2.50. The van der Waals surface area contributed by atoms with Crippen molar-refractivity contribution in [3.8, 4) is 23.0 Å². The summed E-state index contributed by atoms with van der Waals surface area (Å²) in [7, 11) is 2.99. The van der Waals surface area contributed by atoms with E-state index < -0.39 is 11.7 Å². The van der Waals surface area contributed by atoms with E-state index in [1.54, 1.807) is 18.2 Å². The van der Waals surface area contributed by atoms with Crippen LogP contribution in [0.4, 0.5) is 5.69 Å². The SMILES string of the molecule is COc1ccc(NC(=O)c2cccc(O)c2O)c(OC)c1. The second-order valence-corrected chi connectivity index (χ2v) is 4.19. The van der Waals surface area contributed by atoms with Crippen molar-refractivity contribution < 1.29 is 24.5 Å². The number of nitrogens with one attached hydrogen (secondary N) is 1. The van der Waals surface area contributed by atoms with E-state index in [2.05, 4.69) is 5.32 Å². The topological polar surface area (TPSA) is 88.0 Å². The van der Waals surface area contributed by atoms with Gasteiger partial charge in [0.05, 0.1) is 25.5 Å². The predicted molar refractivity (Wildman–Crippen MR) is 77.3 cm³/mol. The molecule has 2 aromatic rings. The third kappa shape index (κ3) is 3.00. The molecule has 0 unspecified atom stereocenters. The lowest BCUT2D eigenvalue weighted by Crippen LogP contribution is -2.12. The van der Waals surface area contributed by atoms with Gasteiger partial charge in [-0.05, 0) is 24.3 Å². The molecule has 0 spiro atoms. The van der Waals surface area contributed by atoms with Crippen LogP contribution in [0.3, 0.4) is 0 Å². The molecule has 110 valence electrons.